The summed E-state index contributed by atoms with van der Waals surface area (Å²) < 4.78 is 29.6. The quantitative estimate of drug-likeness (QED) is 0.445. The van der Waals surface area contributed by atoms with Crippen molar-refractivity contribution in [2.75, 3.05) is 0 Å². The number of benzene rings is 2. The smallest absolute Gasteiger partial charge is 0.135 e. The second kappa shape index (κ2) is 7.32. The van der Waals surface area contributed by atoms with E-state index in [9.17, 15) is 8.78 Å². The van der Waals surface area contributed by atoms with E-state index < -0.39 is 11.6 Å². The molecule has 1 fully saturated rings. The molecule has 0 amide bonds. The molecule has 1 saturated carbocycles. The van der Waals surface area contributed by atoms with Gasteiger partial charge in [-0.05, 0) is 66.1 Å². The van der Waals surface area contributed by atoms with Gasteiger partial charge in [-0.3, -0.25) is 0 Å². The van der Waals surface area contributed by atoms with Gasteiger partial charge in [-0.2, -0.15) is 0 Å². The lowest BCUT2D eigenvalue weighted by Gasteiger charge is -2.08. The van der Waals surface area contributed by atoms with E-state index in [-0.39, 0.29) is 5.56 Å². The van der Waals surface area contributed by atoms with Crippen molar-refractivity contribution in [3.8, 4) is 21.6 Å². The number of halogens is 2. The number of thiophene rings is 1. The van der Waals surface area contributed by atoms with E-state index in [0.29, 0.717) is 16.4 Å². The van der Waals surface area contributed by atoms with Crippen molar-refractivity contribution in [2.45, 2.75) is 44.9 Å². The molecular weight excluding hydrogens is 346 g/mol. The zero-order valence-electron chi connectivity index (χ0n) is 14.9. The van der Waals surface area contributed by atoms with Crippen LogP contribution < -0.4 is 0 Å². The molecule has 1 heterocycles. The van der Waals surface area contributed by atoms with Crippen molar-refractivity contribution < 1.29 is 8.78 Å². The molecule has 26 heavy (non-hydrogen) atoms. The summed E-state index contributed by atoms with van der Waals surface area (Å²) in [5.41, 5.74) is 2.74. The van der Waals surface area contributed by atoms with Gasteiger partial charge in [-0.15, -0.1) is 11.3 Å². The third-order valence-electron chi connectivity index (χ3n) is 5.37. The van der Waals surface area contributed by atoms with Gasteiger partial charge in [0, 0.05) is 9.75 Å². The van der Waals surface area contributed by atoms with E-state index in [1.807, 2.05) is 36.4 Å². The van der Waals surface area contributed by atoms with E-state index >= 15 is 0 Å². The highest BCUT2D eigenvalue weighted by atomic mass is 32.1. The molecule has 134 valence electrons. The summed E-state index contributed by atoms with van der Waals surface area (Å²) in [5, 5.41) is 0. The lowest BCUT2D eigenvalue weighted by Crippen LogP contribution is -1.91. The van der Waals surface area contributed by atoms with Crippen LogP contribution in [0.1, 0.15) is 49.0 Å². The summed E-state index contributed by atoms with van der Waals surface area (Å²) in [6, 6.07) is 14.7. The molecule has 0 aliphatic heterocycles. The molecule has 1 aromatic heterocycles. The van der Waals surface area contributed by atoms with Gasteiger partial charge in [0.25, 0.3) is 0 Å². The Bertz CT molecular complexity index is 879. The predicted octanol–water partition coefficient (Wildman–Crippen LogP) is 7.58. The maximum absolute atomic E-state index is 14.8. The molecule has 2 aromatic carbocycles. The summed E-state index contributed by atoms with van der Waals surface area (Å²) >= 11 is 1.54. The van der Waals surface area contributed by atoms with Crippen LogP contribution in [-0.4, -0.2) is 0 Å². The monoisotopic (exact) mass is 368 g/mol. The molecule has 1 aliphatic carbocycles. The van der Waals surface area contributed by atoms with E-state index in [1.165, 1.54) is 59.6 Å². The van der Waals surface area contributed by atoms with Crippen LogP contribution in [0.25, 0.3) is 21.6 Å². The van der Waals surface area contributed by atoms with E-state index in [1.54, 1.807) is 0 Å². The molecular formula is C23H22F2S. The zero-order chi connectivity index (χ0) is 18.1. The molecule has 0 bridgehead atoms. The first-order valence-corrected chi connectivity index (χ1v) is 10.2. The molecule has 0 unspecified atom stereocenters. The molecule has 3 heteroatoms. The molecule has 0 spiro atoms. The normalized spacial score (nSPS) is 14.9. The van der Waals surface area contributed by atoms with Crippen molar-refractivity contribution in [3.05, 3.63) is 70.6 Å². The maximum atomic E-state index is 14.8. The van der Waals surface area contributed by atoms with Crippen LogP contribution in [0.5, 0.6) is 0 Å². The van der Waals surface area contributed by atoms with Crippen LogP contribution in [0.15, 0.2) is 48.5 Å². The van der Waals surface area contributed by atoms with E-state index in [0.717, 1.165) is 12.0 Å². The van der Waals surface area contributed by atoms with Gasteiger partial charge < -0.3 is 0 Å². The fourth-order valence-corrected chi connectivity index (χ4v) is 5.05. The lowest BCUT2D eigenvalue weighted by molar-refractivity contribution is 0.591. The molecule has 3 aromatic rings. The molecule has 0 nitrogen and oxygen atoms in total. The molecule has 0 atom stereocenters. The van der Waals surface area contributed by atoms with Gasteiger partial charge in [0.2, 0.25) is 0 Å². The SMILES string of the molecule is CCc1ccc(-c2cc(F)c(-c3ccc(C4CCCC4)s3)c(F)c2)cc1. The minimum absolute atomic E-state index is 0.105. The summed E-state index contributed by atoms with van der Waals surface area (Å²) in [6.07, 6.45) is 5.84. The van der Waals surface area contributed by atoms with Gasteiger partial charge >= 0.3 is 0 Å². The maximum Gasteiger partial charge on any atom is 0.135 e. The second-order valence-electron chi connectivity index (χ2n) is 7.05. The van der Waals surface area contributed by atoms with Crippen molar-refractivity contribution >= 4 is 11.3 Å². The molecule has 0 saturated heterocycles. The van der Waals surface area contributed by atoms with Crippen LogP contribution in [-0.2, 0) is 6.42 Å². The van der Waals surface area contributed by atoms with E-state index in [2.05, 4.69) is 6.92 Å². The largest absolute Gasteiger partial charge is 0.206 e. The molecule has 0 N–H and O–H groups in total. The zero-order valence-corrected chi connectivity index (χ0v) is 15.7. The molecule has 0 radical (unpaired) electrons. The highest BCUT2D eigenvalue weighted by molar-refractivity contribution is 7.15. The van der Waals surface area contributed by atoms with Gasteiger partial charge in [-0.1, -0.05) is 44.0 Å². The fraction of sp³-hybridized carbons (Fsp3) is 0.304. The average Bonchev–Trinajstić information content (AvgIpc) is 3.33. The highest BCUT2D eigenvalue weighted by Gasteiger charge is 2.21. The van der Waals surface area contributed by atoms with Crippen molar-refractivity contribution in [3.63, 3.8) is 0 Å². The van der Waals surface area contributed by atoms with Crippen LogP contribution >= 0.6 is 11.3 Å². The summed E-state index contributed by atoms with van der Waals surface area (Å²) in [6.45, 7) is 2.09. The Labute approximate surface area is 157 Å². The fourth-order valence-electron chi connectivity index (χ4n) is 3.83. The molecule has 1 aliphatic rings. The van der Waals surface area contributed by atoms with Crippen molar-refractivity contribution in [1.82, 2.24) is 0 Å². The summed E-state index contributed by atoms with van der Waals surface area (Å²) in [4.78, 5) is 1.95. The third-order valence-corrected chi connectivity index (χ3v) is 6.63. The van der Waals surface area contributed by atoms with Crippen molar-refractivity contribution in [2.24, 2.45) is 0 Å². The Morgan fingerprint density at radius 3 is 2.15 bits per heavy atom. The summed E-state index contributed by atoms with van der Waals surface area (Å²) in [5.74, 6) is -0.407. The Morgan fingerprint density at radius 1 is 0.885 bits per heavy atom. The first-order chi connectivity index (χ1) is 12.7. The Morgan fingerprint density at radius 2 is 1.54 bits per heavy atom. The lowest BCUT2D eigenvalue weighted by atomic mass is 10.0. The Hall–Kier alpha value is -2.00. The van der Waals surface area contributed by atoms with Crippen LogP contribution in [0.2, 0.25) is 0 Å². The number of hydrogen-bond donors (Lipinski definition) is 0. The van der Waals surface area contributed by atoms with Gasteiger partial charge in [0.1, 0.15) is 11.6 Å². The standard InChI is InChI=1S/C23H22F2S/c1-2-15-7-9-16(10-8-15)18-13-19(24)23(20(25)14-18)22-12-11-21(26-22)17-5-3-4-6-17/h7-14,17H,2-6H2,1H3. The van der Waals surface area contributed by atoms with Crippen molar-refractivity contribution in [1.29, 1.82) is 0 Å². The number of rotatable bonds is 4. The summed E-state index contributed by atoms with van der Waals surface area (Å²) in [7, 11) is 0. The topological polar surface area (TPSA) is 0 Å². The first-order valence-electron chi connectivity index (χ1n) is 9.34. The third kappa shape index (κ3) is 3.33. The highest BCUT2D eigenvalue weighted by Crippen LogP contribution is 2.41. The van der Waals surface area contributed by atoms with Crippen LogP contribution in [0.3, 0.4) is 0 Å². The van der Waals surface area contributed by atoms with Crippen LogP contribution in [0, 0.1) is 11.6 Å². The first kappa shape index (κ1) is 17.4. The van der Waals surface area contributed by atoms with Gasteiger partial charge in [-0.25, -0.2) is 8.78 Å². The van der Waals surface area contributed by atoms with Crippen LogP contribution in [0.4, 0.5) is 8.78 Å². The minimum atomic E-state index is -0.487. The molecule has 4 rings (SSSR count). The average molecular weight is 368 g/mol. The second-order valence-corrected chi connectivity index (χ2v) is 8.16. The Kier molecular flexibility index (Phi) is 4.90. The van der Waals surface area contributed by atoms with Gasteiger partial charge in [0.05, 0.1) is 5.56 Å². The number of aryl methyl sites for hydroxylation is 1. The predicted molar refractivity (Wildman–Crippen MR) is 106 cm³/mol. The Balaban J connectivity index is 1.67. The van der Waals surface area contributed by atoms with Gasteiger partial charge in [0.15, 0.2) is 0 Å². The van der Waals surface area contributed by atoms with E-state index in [4.69, 9.17) is 0 Å². The number of hydrogen-bond acceptors (Lipinski definition) is 1. The minimum Gasteiger partial charge on any atom is -0.206 e.